The van der Waals surface area contributed by atoms with Crippen LogP contribution in [0.2, 0.25) is 0 Å². The molecule has 3 nitrogen and oxygen atoms in total. The average Bonchev–Trinajstić information content (AvgIpc) is 3.05. The second kappa shape index (κ2) is 11.3. The van der Waals surface area contributed by atoms with Gasteiger partial charge < -0.3 is 17.2 Å². The van der Waals surface area contributed by atoms with Crippen LogP contribution in [0.4, 0.5) is 17.1 Å². The van der Waals surface area contributed by atoms with Crippen molar-refractivity contribution in [1.29, 1.82) is 0 Å². The van der Waals surface area contributed by atoms with Gasteiger partial charge >= 0.3 is 0 Å². The van der Waals surface area contributed by atoms with Gasteiger partial charge in [-0.05, 0) is 76.2 Å². The molecule has 3 heteroatoms. The van der Waals surface area contributed by atoms with Crippen molar-refractivity contribution in [2.24, 2.45) is 0 Å². The zero-order chi connectivity index (χ0) is 29.0. The van der Waals surface area contributed by atoms with Crippen LogP contribution in [0.3, 0.4) is 0 Å². The van der Waals surface area contributed by atoms with Gasteiger partial charge in [-0.1, -0.05) is 127 Å². The number of rotatable bonds is 8. The summed E-state index contributed by atoms with van der Waals surface area (Å²) in [7, 11) is 0. The Morgan fingerprint density at radius 1 is 0.286 bits per heavy atom. The normalized spacial score (nSPS) is 11.7. The maximum absolute atomic E-state index is 6.25. The summed E-state index contributed by atoms with van der Waals surface area (Å²) in [6.45, 7) is 0. The highest BCUT2D eigenvalue weighted by molar-refractivity contribution is 5.60. The third kappa shape index (κ3) is 4.80. The van der Waals surface area contributed by atoms with Crippen molar-refractivity contribution in [1.82, 2.24) is 0 Å². The first-order chi connectivity index (χ1) is 20.5. The number of nitrogen functional groups attached to an aromatic ring is 3. The molecule has 0 aliphatic carbocycles. The molecule has 0 bridgehead atoms. The molecule has 206 valence electrons. The van der Waals surface area contributed by atoms with Crippen molar-refractivity contribution in [2.75, 3.05) is 17.2 Å². The number of nitrogens with two attached hydrogens (primary N) is 3. The lowest BCUT2D eigenvalue weighted by atomic mass is 9.55. The molecule has 0 fully saturated rings. The Morgan fingerprint density at radius 3 is 0.738 bits per heavy atom. The summed E-state index contributed by atoms with van der Waals surface area (Å²) >= 11 is 0. The molecule has 0 radical (unpaired) electrons. The monoisotopic (exact) mass is 545 g/mol. The fourth-order valence-corrected chi connectivity index (χ4v) is 6.48. The molecule has 0 atom stereocenters. The van der Waals surface area contributed by atoms with E-state index in [1.54, 1.807) is 0 Å². The second-order valence-electron chi connectivity index (χ2n) is 11.0. The molecule has 0 saturated carbocycles. The van der Waals surface area contributed by atoms with Crippen molar-refractivity contribution in [3.8, 4) is 0 Å². The minimum atomic E-state index is -0.614. The fourth-order valence-electron chi connectivity index (χ4n) is 6.48. The highest BCUT2D eigenvalue weighted by Gasteiger charge is 2.47. The quantitative estimate of drug-likeness (QED) is 0.133. The highest BCUT2D eigenvalue weighted by Crippen LogP contribution is 2.53. The molecule has 0 aliphatic rings. The predicted octanol–water partition coefficient (Wildman–Crippen LogP) is 8.19. The minimum absolute atomic E-state index is 0.534. The van der Waals surface area contributed by atoms with Gasteiger partial charge in [0.25, 0.3) is 0 Å². The fraction of sp³-hybridized carbons (Fsp3) is 0.0769. The first-order valence-electron chi connectivity index (χ1n) is 14.3. The predicted molar refractivity (Wildman–Crippen MR) is 176 cm³/mol. The van der Waals surface area contributed by atoms with Crippen LogP contribution in [0.15, 0.2) is 164 Å². The molecule has 0 heterocycles. The lowest BCUT2D eigenvalue weighted by molar-refractivity contribution is 0.440. The van der Waals surface area contributed by atoms with E-state index in [-0.39, 0.29) is 0 Å². The summed E-state index contributed by atoms with van der Waals surface area (Å²) in [6.07, 6.45) is 0.690. The zero-order valence-electron chi connectivity index (χ0n) is 23.5. The average molecular weight is 546 g/mol. The van der Waals surface area contributed by atoms with Gasteiger partial charge in [0, 0.05) is 27.9 Å². The van der Waals surface area contributed by atoms with E-state index in [2.05, 4.69) is 127 Å². The Balaban J connectivity index is 1.77. The summed E-state index contributed by atoms with van der Waals surface area (Å²) < 4.78 is 0. The van der Waals surface area contributed by atoms with E-state index in [0.29, 0.717) is 6.42 Å². The summed E-state index contributed by atoms with van der Waals surface area (Å²) in [6, 6.07) is 57.5. The van der Waals surface area contributed by atoms with Gasteiger partial charge in [-0.25, -0.2) is 0 Å². The molecule has 6 aromatic carbocycles. The van der Waals surface area contributed by atoms with Crippen LogP contribution in [-0.2, 0) is 10.8 Å². The van der Waals surface area contributed by atoms with Crippen LogP contribution >= 0.6 is 0 Å². The SMILES string of the molecule is Nc1ccc(C(CC(c2ccccc2)(c2ccccc2)c2ccccc2)(c2ccc(N)cc2)c2ccc(N)cc2)cc1. The van der Waals surface area contributed by atoms with Crippen molar-refractivity contribution in [3.05, 3.63) is 197 Å². The van der Waals surface area contributed by atoms with E-state index < -0.39 is 10.8 Å². The first kappa shape index (κ1) is 26.9. The Bertz CT molecular complexity index is 1520. The summed E-state index contributed by atoms with van der Waals surface area (Å²) in [5, 5.41) is 0. The Labute approximate surface area is 248 Å². The van der Waals surface area contributed by atoms with E-state index >= 15 is 0 Å². The number of hydrogen-bond acceptors (Lipinski definition) is 3. The maximum atomic E-state index is 6.25. The summed E-state index contributed by atoms with van der Waals surface area (Å²) in [4.78, 5) is 0. The van der Waals surface area contributed by atoms with Crippen molar-refractivity contribution >= 4 is 17.1 Å². The second-order valence-corrected chi connectivity index (χ2v) is 11.0. The largest absolute Gasteiger partial charge is 0.399 e. The van der Waals surface area contributed by atoms with Gasteiger partial charge in [-0.3, -0.25) is 0 Å². The number of hydrogen-bond donors (Lipinski definition) is 3. The van der Waals surface area contributed by atoms with Crippen LogP contribution in [0.1, 0.15) is 39.8 Å². The molecule has 0 aromatic heterocycles. The molecule has 0 saturated heterocycles. The third-order valence-electron chi connectivity index (χ3n) is 8.54. The molecule has 42 heavy (non-hydrogen) atoms. The molecule has 6 rings (SSSR count). The molecule has 0 aliphatic heterocycles. The molecular weight excluding hydrogens is 510 g/mol. The van der Waals surface area contributed by atoms with Gasteiger partial charge in [0.05, 0.1) is 0 Å². The van der Waals surface area contributed by atoms with E-state index in [9.17, 15) is 0 Å². The van der Waals surface area contributed by atoms with Crippen LogP contribution in [0.25, 0.3) is 0 Å². The summed E-state index contributed by atoms with van der Waals surface area (Å²) in [5.74, 6) is 0. The molecule has 6 N–H and O–H groups in total. The number of anilines is 3. The molecule has 0 unspecified atom stereocenters. The number of benzene rings is 6. The lowest BCUT2D eigenvalue weighted by Crippen LogP contribution is -2.41. The molecule has 0 amide bonds. The highest BCUT2D eigenvalue weighted by atomic mass is 14.6. The first-order valence-corrected chi connectivity index (χ1v) is 14.3. The van der Waals surface area contributed by atoms with Crippen molar-refractivity contribution in [3.63, 3.8) is 0 Å². The van der Waals surface area contributed by atoms with Gasteiger partial charge in [-0.2, -0.15) is 0 Å². The van der Waals surface area contributed by atoms with E-state index in [1.165, 1.54) is 16.7 Å². The Hall–Kier alpha value is -5.28. The van der Waals surface area contributed by atoms with Crippen molar-refractivity contribution in [2.45, 2.75) is 17.3 Å². The van der Waals surface area contributed by atoms with Gasteiger partial charge in [-0.15, -0.1) is 0 Å². The van der Waals surface area contributed by atoms with Gasteiger partial charge in [0.1, 0.15) is 0 Å². The smallest absolute Gasteiger partial charge is 0.0466 e. The van der Waals surface area contributed by atoms with E-state index in [4.69, 9.17) is 17.2 Å². The van der Waals surface area contributed by atoms with Gasteiger partial charge in [0.2, 0.25) is 0 Å². The van der Waals surface area contributed by atoms with Gasteiger partial charge in [0.15, 0.2) is 0 Å². The van der Waals surface area contributed by atoms with Crippen LogP contribution in [0.5, 0.6) is 0 Å². The lowest BCUT2D eigenvalue weighted by Gasteiger charge is -2.46. The molecule has 0 spiro atoms. The molecular formula is C39H35N3. The minimum Gasteiger partial charge on any atom is -0.399 e. The zero-order valence-corrected chi connectivity index (χ0v) is 23.5. The standard InChI is InChI=1S/C39H35N3/c40-35-22-16-32(17-23-35)39(33-18-24-36(41)25-19-33,34-20-26-37(42)27-21-34)28-38(29-10-4-1-5-11-29,30-12-6-2-7-13-30)31-14-8-3-9-15-31/h1-27H,28,40-42H2. The third-order valence-corrected chi connectivity index (χ3v) is 8.54. The Morgan fingerprint density at radius 2 is 0.500 bits per heavy atom. The summed E-state index contributed by atoms with van der Waals surface area (Å²) in [5.41, 5.74) is 26.8. The topological polar surface area (TPSA) is 78.1 Å². The molecule has 6 aromatic rings. The van der Waals surface area contributed by atoms with Crippen molar-refractivity contribution < 1.29 is 0 Å². The van der Waals surface area contributed by atoms with E-state index in [1.807, 2.05) is 36.4 Å². The maximum Gasteiger partial charge on any atom is 0.0466 e. The Kier molecular flexibility index (Phi) is 7.24. The van der Waals surface area contributed by atoms with E-state index in [0.717, 1.165) is 33.8 Å². The van der Waals surface area contributed by atoms with Crippen LogP contribution < -0.4 is 17.2 Å². The van der Waals surface area contributed by atoms with Crippen LogP contribution in [0, 0.1) is 0 Å². The van der Waals surface area contributed by atoms with Crippen LogP contribution in [-0.4, -0.2) is 0 Å².